The van der Waals surface area contributed by atoms with Gasteiger partial charge in [0.1, 0.15) is 12.6 Å². The quantitative estimate of drug-likeness (QED) is 0.0350. The van der Waals surface area contributed by atoms with Gasteiger partial charge in [-0.05, 0) is 92.4 Å². The highest BCUT2D eigenvalue weighted by atomic mass is 35.5. The smallest absolute Gasteiger partial charge is 0.445 e. The van der Waals surface area contributed by atoms with Crippen molar-refractivity contribution in [3.63, 3.8) is 0 Å². The summed E-state index contributed by atoms with van der Waals surface area (Å²) < 4.78 is 28.7. The number of carbonyl (C=O) groups is 6. The first-order valence-corrected chi connectivity index (χ1v) is 27.0. The van der Waals surface area contributed by atoms with E-state index in [1.165, 1.54) is 30.0 Å². The predicted octanol–water partition coefficient (Wildman–Crippen LogP) is 6.36. The average molecular weight is 1090 g/mol. The third kappa shape index (κ3) is 9.95. The van der Waals surface area contributed by atoms with Crippen molar-refractivity contribution >= 4 is 106 Å². The highest BCUT2D eigenvalue weighted by Gasteiger charge is 2.76. The summed E-state index contributed by atoms with van der Waals surface area (Å²) in [4.78, 5) is 112. The van der Waals surface area contributed by atoms with Gasteiger partial charge in [-0.1, -0.05) is 12.1 Å². The molecule has 7 amide bonds. The van der Waals surface area contributed by atoms with Crippen LogP contribution in [0.4, 0.5) is 31.4 Å². The van der Waals surface area contributed by atoms with E-state index in [0.717, 1.165) is 27.6 Å². The number of alkyl halides is 2. The lowest BCUT2D eigenvalue weighted by Crippen LogP contribution is -2.73. The molecular formula is C50H59Cl2N10O12P. The number of hydrogen-bond donors (Lipinski definition) is 8. The number of urea groups is 1. The zero-order valence-electron chi connectivity index (χ0n) is 41.7. The van der Waals surface area contributed by atoms with Crippen LogP contribution in [-0.2, 0) is 30.3 Å². The Bertz CT molecular complexity index is 3160. The largest absolute Gasteiger partial charge is 0.524 e. The summed E-state index contributed by atoms with van der Waals surface area (Å²) >= 11 is 13.1. The topological polar surface area (TPSA) is 308 Å². The summed E-state index contributed by atoms with van der Waals surface area (Å²) in [5.74, 6) is -0.803. The highest BCUT2D eigenvalue weighted by molar-refractivity contribution is 7.46. The molecule has 5 aliphatic rings. The molecular weight excluding hydrogens is 1030 g/mol. The molecule has 3 atom stereocenters. The number of nitrogens with one attached hydrogen (secondary N) is 4. The number of aromatic amines is 2. The first-order valence-electron chi connectivity index (χ1n) is 24.4. The van der Waals surface area contributed by atoms with Crippen LogP contribution in [0.3, 0.4) is 0 Å². The van der Waals surface area contributed by atoms with Gasteiger partial charge in [0.15, 0.2) is 11.5 Å². The molecule has 5 aromatic rings. The number of benzene rings is 3. The minimum atomic E-state index is -4.97. The van der Waals surface area contributed by atoms with Crippen LogP contribution in [0.1, 0.15) is 71.8 Å². The van der Waals surface area contributed by atoms with Gasteiger partial charge in [0.05, 0.1) is 33.2 Å². The number of amides is 7. The van der Waals surface area contributed by atoms with Crippen LogP contribution >= 0.6 is 31.0 Å². The molecule has 0 radical (unpaired) electrons. The molecule has 0 unspecified atom stereocenters. The number of likely N-dealkylation sites (N-methyl/N-ethyl adjacent to an activating group) is 2. The lowest BCUT2D eigenvalue weighted by atomic mass is 9.34. The number of carbonyl (C=O) groups excluding carboxylic acids is 6. The fourth-order valence-corrected chi connectivity index (χ4v) is 12.2. The molecule has 3 aliphatic carbocycles. The summed E-state index contributed by atoms with van der Waals surface area (Å²) in [6.07, 6.45) is 3.86. The van der Waals surface area contributed by atoms with Gasteiger partial charge in [0.25, 0.3) is 0 Å². The van der Waals surface area contributed by atoms with Gasteiger partial charge in [-0.25, -0.2) is 18.9 Å². The molecule has 2 bridgehead atoms. The second-order valence-corrected chi connectivity index (χ2v) is 22.0. The predicted molar refractivity (Wildman–Crippen MR) is 280 cm³/mol. The van der Waals surface area contributed by atoms with E-state index in [2.05, 4.69) is 20.6 Å². The summed E-state index contributed by atoms with van der Waals surface area (Å²) in [6, 6.07) is 8.08. The van der Waals surface area contributed by atoms with Crippen LogP contribution in [0.5, 0.6) is 11.5 Å². The number of aryl methyl sites for hydroxylation is 2. The Hall–Kier alpha value is -6.55. The number of nitrogens with zero attached hydrogens (tertiary/aromatic N) is 4. The third-order valence-electron chi connectivity index (χ3n) is 15.0. The maximum absolute atomic E-state index is 14.8. The summed E-state index contributed by atoms with van der Waals surface area (Å²) in [5.41, 5.74) is 15.5. The average Bonchev–Trinajstić information content (AvgIpc) is 4.12. The number of nitrogens with two attached hydrogens (primary N) is 2. The molecule has 3 fully saturated rings. The number of hydrogen-bond acceptors (Lipinski definition) is 11. The Morgan fingerprint density at radius 3 is 1.83 bits per heavy atom. The van der Waals surface area contributed by atoms with Crippen LogP contribution in [-0.4, -0.2) is 130 Å². The molecule has 400 valence electrons. The number of rotatable bonds is 18. The molecule has 4 heterocycles. The SMILES string of the molecule is Cc1c[nH]c2c(OC(=O)N(C)CCN(C)C(=O)OCc3ccc(NC(=O)[C@H](CCCN)NC(N)=O)cc3)cc3c(c12)[C@H](CCl)CN3C(=O)C12CC(C(=O)N3C[C@@H](CCl)c4c3cc(OP(=O)(O)O)c3[nH]cc(C)c43)(C1)C2. The van der Waals surface area contributed by atoms with Gasteiger partial charge in [0, 0.05) is 105 Å². The summed E-state index contributed by atoms with van der Waals surface area (Å²) in [7, 11) is -1.91. The van der Waals surface area contributed by atoms with Crippen molar-refractivity contribution in [2.75, 3.05) is 73.7 Å². The summed E-state index contributed by atoms with van der Waals surface area (Å²) in [5, 5.41) is 6.61. The van der Waals surface area contributed by atoms with Crippen molar-refractivity contribution in [1.29, 1.82) is 0 Å². The van der Waals surface area contributed by atoms with E-state index < -0.39 is 48.8 Å². The van der Waals surface area contributed by atoms with Gasteiger partial charge in [-0.2, -0.15) is 0 Å². The van der Waals surface area contributed by atoms with E-state index >= 15 is 0 Å². The second kappa shape index (κ2) is 20.5. The number of primary amides is 1. The van der Waals surface area contributed by atoms with Gasteiger partial charge >= 0.3 is 26.0 Å². The van der Waals surface area contributed by atoms with Crippen molar-refractivity contribution < 1.29 is 57.1 Å². The first-order chi connectivity index (χ1) is 35.6. The zero-order chi connectivity index (χ0) is 53.9. The van der Waals surface area contributed by atoms with E-state index in [9.17, 15) is 43.1 Å². The second-order valence-electron chi connectivity index (χ2n) is 20.2. The van der Waals surface area contributed by atoms with Crippen molar-refractivity contribution in [2.45, 2.75) is 70.4 Å². The highest BCUT2D eigenvalue weighted by Crippen LogP contribution is 2.75. The Morgan fingerprint density at radius 2 is 1.33 bits per heavy atom. The van der Waals surface area contributed by atoms with E-state index in [1.807, 2.05) is 13.8 Å². The number of H-pyrrole nitrogens is 2. The molecule has 2 aromatic heterocycles. The van der Waals surface area contributed by atoms with Crippen LogP contribution < -0.4 is 41.2 Å². The fraction of sp³-hybridized carbons (Fsp3) is 0.440. The van der Waals surface area contributed by atoms with Crippen molar-refractivity contribution in [3.05, 3.63) is 76.6 Å². The normalized spacial score (nSPS) is 20.7. The number of fused-ring (bicyclic) bond motifs is 6. The lowest BCUT2D eigenvalue weighted by Gasteiger charge is -2.69. The molecule has 22 nitrogen and oxygen atoms in total. The number of phosphoric ester groups is 1. The van der Waals surface area contributed by atoms with E-state index in [0.29, 0.717) is 77.7 Å². The van der Waals surface area contributed by atoms with E-state index in [-0.39, 0.29) is 79.7 Å². The molecule has 3 aromatic carbocycles. The molecule has 3 saturated carbocycles. The molecule has 10 rings (SSSR count). The molecule has 0 spiro atoms. The zero-order valence-corrected chi connectivity index (χ0v) is 44.1. The molecule has 2 aliphatic heterocycles. The van der Waals surface area contributed by atoms with Crippen LogP contribution in [0.25, 0.3) is 21.8 Å². The van der Waals surface area contributed by atoms with Crippen molar-refractivity contribution in [1.82, 2.24) is 25.1 Å². The Balaban J connectivity index is 0.833. The number of ether oxygens (including phenoxy) is 2. The Labute approximate surface area is 440 Å². The van der Waals surface area contributed by atoms with Gasteiger partial charge < -0.3 is 65.7 Å². The van der Waals surface area contributed by atoms with Gasteiger partial charge in [-0.15, -0.1) is 23.2 Å². The standard InChI is InChI=1S/C50H59Cl2N10O12P/c1-26-18-55-41-35(73-48(68)60(4)13-12-59(3)47(67)72-22-28-7-9-31(10-8-28)57-43(63)32(6-5-11-53)58-46(54)66)14-33-39(37(26)41)29(16-51)20-61(33)44(64)49-23-50(24-49,25-49)45(65)62-21-30(17-52)40-34(62)15-36(74-75(69,70)71)42-38(40)27(2)19-56-42/h7-10,14-15,18-19,29-30,32,55-56H,5-6,11-13,16-17,20-25,53H2,1-4H3,(H,57,63)(H3,54,58,66)(H2,69,70,71)/t29-,30-,32+,49?,50?/m1/s1. The van der Waals surface area contributed by atoms with Crippen molar-refractivity contribution in [3.8, 4) is 11.5 Å². The monoisotopic (exact) mass is 1090 g/mol. The van der Waals surface area contributed by atoms with Crippen molar-refractivity contribution in [2.24, 2.45) is 22.3 Å². The number of anilines is 3. The number of phosphoric acid groups is 1. The van der Waals surface area contributed by atoms with Crippen LogP contribution in [0, 0.1) is 24.7 Å². The fourth-order valence-electron chi connectivity index (χ4n) is 11.3. The Kier molecular flexibility index (Phi) is 14.6. The maximum Gasteiger partial charge on any atom is 0.524 e. The first kappa shape index (κ1) is 53.3. The minimum Gasteiger partial charge on any atom is -0.445 e. The third-order valence-corrected chi connectivity index (χ3v) is 16.2. The number of halogens is 2. The van der Waals surface area contributed by atoms with E-state index in [4.69, 9.17) is 48.7 Å². The maximum atomic E-state index is 14.8. The molecule has 10 N–H and O–H groups in total. The van der Waals surface area contributed by atoms with Gasteiger partial charge in [-0.3, -0.25) is 24.2 Å². The molecule has 25 heteroatoms. The lowest BCUT2D eigenvalue weighted by molar-refractivity contribution is -0.205. The molecule has 0 saturated heterocycles. The van der Waals surface area contributed by atoms with Crippen LogP contribution in [0.15, 0.2) is 48.8 Å². The minimum absolute atomic E-state index is 0.0729. The summed E-state index contributed by atoms with van der Waals surface area (Å²) in [6.45, 7) is 4.73. The number of aromatic nitrogens is 2. The van der Waals surface area contributed by atoms with Gasteiger partial charge in [0.2, 0.25) is 17.7 Å². The van der Waals surface area contributed by atoms with Crippen LogP contribution in [0.2, 0.25) is 0 Å². The van der Waals surface area contributed by atoms with E-state index in [1.54, 1.807) is 52.5 Å². The Morgan fingerprint density at radius 1 is 0.827 bits per heavy atom. The molecule has 75 heavy (non-hydrogen) atoms.